The standard InChI is InChI=1S/C19H18N4O2/c24-18-9-15(11-23(18)10-13-4-2-1-3-5-13)22-19(25)14-6-7-16-17(8-14)21-12-20-16/h1-8,12,15H,9-11H2,(H,20,21)(H,22,25)/t15-/m1/s1. The van der Waals surface area contributed by atoms with E-state index in [0.29, 0.717) is 25.1 Å². The predicted molar refractivity (Wildman–Crippen MR) is 93.8 cm³/mol. The minimum Gasteiger partial charge on any atom is -0.347 e. The summed E-state index contributed by atoms with van der Waals surface area (Å²) in [5, 5.41) is 2.96. The largest absolute Gasteiger partial charge is 0.347 e. The second-order valence-electron chi connectivity index (χ2n) is 6.27. The second kappa shape index (κ2) is 6.39. The Morgan fingerprint density at radius 2 is 2.08 bits per heavy atom. The van der Waals surface area contributed by atoms with Crippen LogP contribution < -0.4 is 5.32 Å². The number of aromatic nitrogens is 2. The lowest BCUT2D eigenvalue weighted by Gasteiger charge is -2.17. The number of carbonyl (C=O) groups is 2. The molecule has 0 spiro atoms. The van der Waals surface area contributed by atoms with E-state index in [4.69, 9.17) is 0 Å². The molecule has 2 heterocycles. The molecule has 3 aromatic rings. The van der Waals surface area contributed by atoms with Crippen molar-refractivity contribution in [3.8, 4) is 0 Å². The Morgan fingerprint density at radius 1 is 1.24 bits per heavy atom. The number of benzene rings is 2. The van der Waals surface area contributed by atoms with E-state index < -0.39 is 0 Å². The first kappa shape index (κ1) is 15.4. The Morgan fingerprint density at radius 3 is 2.92 bits per heavy atom. The van der Waals surface area contributed by atoms with Crippen molar-refractivity contribution in [2.75, 3.05) is 6.54 Å². The van der Waals surface area contributed by atoms with Crippen molar-refractivity contribution in [1.82, 2.24) is 20.2 Å². The number of carbonyl (C=O) groups excluding carboxylic acids is 2. The molecule has 1 aliphatic heterocycles. The van der Waals surface area contributed by atoms with Gasteiger partial charge in [-0.2, -0.15) is 0 Å². The number of nitrogens with one attached hydrogen (secondary N) is 2. The molecule has 1 aliphatic rings. The molecule has 2 N–H and O–H groups in total. The van der Waals surface area contributed by atoms with Crippen LogP contribution in [0, 0.1) is 0 Å². The zero-order valence-corrected chi connectivity index (χ0v) is 13.6. The number of aromatic amines is 1. The van der Waals surface area contributed by atoms with Gasteiger partial charge in [0.05, 0.1) is 23.4 Å². The van der Waals surface area contributed by atoms with Crippen LogP contribution in [0.15, 0.2) is 54.9 Å². The maximum absolute atomic E-state index is 12.5. The smallest absolute Gasteiger partial charge is 0.251 e. The molecule has 126 valence electrons. The Hall–Kier alpha value is -3.15. The highest BCUT2D eigenvalue weighted by molar-refractivity contribution is 5.98. The summed E-state index contributed by atoms with van der Waals surface area (Å²) < 4.78 is 0. The zero-order valence-electron chi connectivity index (χ0n) is 13.6. The minimum atomic E-state index is -0.170. The van der Waals surface area contributed by atoms with Gasteiger partial charge in [0.2, 0.25) is 5.91 Å². The quantitative estimate of drug-likeness (QED) is 0.767. The lowest BCUT2D eigenvalue weighted by molar-refractivity contribution is -0.128. The highest BCUT2D eigenvalue weighted by Crippen LogP contribution is 2.16. The summed E-state index contributed by atoms with van der Waals surface area (Å²) in [7, 11) is 0. The third-order valence-electron chi connectivity index (χ3n) is 4.45. The molecule has 0 bridgehead atoms. The van der Waals surface area contributed by atoms with Crippen molar-refractivity contribution in [1.29, 1.82) is 0 Å². The van der Waals surface area contributed by atoms with Gasteiger partial charge in [0, 0.05) is 25.1 Å². The summed E-state index contributed by atoms with van der Waals surface area (Å²) in [6.07, 6.45) is 1.94. The van der Waals surface area contributed by atoms with Gasteiger partial charge in [-0.3, -0.25) is 9.59 Å². The number of imidazole rings is 1. The highest BCUT2D eigenvalue weighted by atomic mass is 16.2. The number of amides is 2. The topological polar surface area (TPSA) is 78.1 Å². The van der Waals surface area contributed by atoms with Crippen molar-refractivity contribution in [2.24, 2.45) is 0 Å². The average molecular weight is 334 g/mol. The predicted octanol–water partition coefficient (Wildman–Crippen LogP) is 2.09. The maximum atomic E-state index is 12.5. The van der Waals surface area contributed by atoms with Gasteiger partial charge in [-0.15, -0.1) is 0 Å². The van der Waals surface area contributed by atoms with Crippen molar-refractivity contribution in [2.45, 2.75) is 19.0 Å². The molecule has 0 saturated carbocycles. The van der Waals surface area contributed by atoms with E-state index in [1.54, 1.807) is 23.4 Å². The first-order chi connectivity index (χ1) is 12.2. The molecule has 2 amide bonds. The molecule has 0 unspecified atom stereocenters. The molecule has 25 heavy (non-hydrogen) atoms. The van der Waals surface area contributed by atoms with Crippen LogP contribution in [0.2, 0.25) is 0 Å². The van der Waals surface area contributed by atoms with Gasteiger partial charge in [0.15, 0.2) is 0 Å². The molecule has 0 aliphatic carbocycles. The molecule has 2 aromatic carbocycles. The lowest BCUT2D eigenvalue weighted by atomic mass is 10.1. The van der Waals surface area contributed by atoms with Crippen LogP contribution in [0.4, 0.5) is 0 Å². The molecular formula is C19H18N4O2. The monoisotopic (exact) mass is 334 g/mol. The van der Waals surface area contributed by atoms with Crippen LogP contribution in [0.5, 0.6) is 0 Å². The summed E-state index contributed by atoms with van der Waals surface area (Å²) in [6, 6.07) is 15.0. The van der Waals surface area contributed by atoms with Crippen LogP contribution in [0.1, 0.15) is 22.3 Å². The van der Waals surface area contributed by atoms with E-state index >= 15 is 0 Å². The second-order valence-corrected chi connectivity index (χ2v) is 6.27. The van der Waals surface area contributed by atoms with Crippen LogP contribution in [-0.2, 0) is 11.3 Å². The van der Waals surface area contributed by atoms with Gasteiger partial charge in [-0.1, -0.05) is 30.3 Å². The van der Waals surface area contributed by atoms with Gasteiger partial charge < -0.3 is 15.2 Å². The highest BCUT2D eigenvalue weighted by Gasteiger charge is 2.30. The third kappa shape index (κ3) is 3.24. The van der Waals surface area contributed by atoms with Gasteiger partial charge in [-0.05, 0) is 23.8 Å². The summed E-state index contributed by atoms with van der Waals surface area (Å²) in [6.45, 7) is 1.11. The number of likely N-dealkylation sites (tertiary alicyclic amines) is 1. The van der Waals surface area contributed by atoms with Gasteiger partial charge in [-0.25, -0.2) is 4.98 Å². The molecule has 1 fully saturated rings. The maximum Gasteiger partial charge on any atom is 0.251 e. The van der Waals surface area contributed by atoms with Gasteiger partial charge >= 0.3 is 0 Å². The Balaban J connectivity index is 1.41. The van der Waals surface area contributed by atoms with Crippen LogP contribution >= 0.6 is 0 Å². The molecule has 1 saturated heterocycles. The van der Waals surface area contributed by atoms with Crippen molar-refractivity contribution in [3.05, 3.63) is 66.0 Å². The van der Waals surface area contributed by atoms with Crippen LogP contribution in [0.25, 0.3) is 11.0 Å². The molecule has 6 heteroatoms. The number of fused-ring (bicyclic) bond motifs is 1. The number of H-pyrrole nitrogens is 1. The first-order valence-corrected chi connectivity index (χ1v) is 8.25. The fraction of sp³-hybridized carbons (Fsp3) is 0.211. The van der Waals surface area contributed by atoms with Gasteiger partial charge in [0.25, 0.3) is 5.91 Å². The Labute approximate surface area is 144 Å². The third-order valence-corrected chi connectivity index (χ3v) is 4.45. The van der Waals surface area contributed by atoms with Crippen molar-refractivity contribution in [3.63, 3.8) is 0 Å². The fourth-order valence-corrected chi connectivity index (χ4v) is 3.17. The summed E-state index contributed by atoms with van der Waals surface area (Å²) in [5.41, 5.74) is 3.29. The SMILES string of the molecule is O=C(N[C@@H]1CC(=O)N(Cc2ccccc2)C1)c1ccc2nc[nH]c2c1. The van der Waals surface area contributed by atoms with Crippen molar-refractivity contribution < 1.29 is 9.59 Å². The van der Waals surface area contributed by atoms with E-state index in [9.17, 15) is 9.59 Å². The minimum absolute atomic E-state index is 0.0678. The summed E-state index contributed by atoms with van der Waals surface area (Å²) in [4.78, 5) is 33.6. The molecule has 1 aromatic heterocycles. The van der Waals surface area contributed by atoms with Crippen LogP contribution in [0.3, 0.4) is 0 Å². The molecule has 1 atom stereocenters. The summed E-state index contributed by atoms with van der Waals surface area (Å²) in [5.74, 6) is -0.103. The van der Waals surface area contributed by atoms with E-state index in [1.807, 2.05) is 36.4 Å². The number of nitrogens with zero attached hydrogens (tertiary/aromatic N) is 2. The van der Waals surface area contributed by atoms with E-state index in [2.05, 4.69) is 15.3 Å². The molecular weight excluding hydrogens is 316 g/mol. The molecule has 6 nitrogen and oxygen atoms in total. The Bertz CT molecular complexity index is 919. The zero-order chi connectivity index (χ0) is 17.2. The number of hydrogen-bond donors (Lipinski definition) is 2. The molecule has 4 rings (SSSR count). The first-order valence-electron chi connectivity index (χ1n) is 8.25. The normalized spacial score (nSPS) is 17.2. The lowest BCUT2D eigenvalue weighted by Crippen LogP contribution is -2.37. The Kier molecular flexibility index (Phi) is 3.93. The number of hydrogen-bond acceptors (Lipinski definition) is 3. The van der Waals surface area contributed by atoms with Crippen LogP contribution in [-0.4, -0.2) is 39.3 Å². The van der Waals surface area contributed by atoms with Gasteiger partial charge in [0.1, 0.15) is 0 Å². The summed E-state index contributed by atoms with van der Waals surface area (Å²) >= 11 is 0. The van der Waals surface area contributed by atoms with E-state index in [0.717, 1.165) is 16.6 Å². The fourth-order valence-electron chi connectivity index (χ4n) is 3.17. The van der Waals surface area contributed by atoms with E-state index in [1.165, 1.54) is 0 Å². The number of rotatable bonds is 4. The van der Waals surface area contributed by atoms with E-state index in [-0.39, 0.29) is 17.9 Å². The average Bonchev–Trinajstić information content (AvgIpc) is 3.22. The molecule has 0 radical (unpaired) electrons. The van der Waals surface area contributed by atoms with Crippen molar-refractivity contribution >= 4 is 22.8 Å².